The molecule has 1 fully saturated rings. The molecule has 1 aromatic carbocycles. The molecule has 1 N–H and O–H groups in total. The lowest BCUT2D eigenvalue weighted by Crippen LogP contribution is -2.54. The molecule has 0 radical (unpaired) electrons. The second-order valence-corrected chi connectivity index (χ2v) is 6.06. The predicted molar refractivity (Wildman–Crippen MR) is 78.4 cm³/mol. The van der Waals surface area contributed by atoms with Gasteiger partial charge in [0.1, 0.15) is 0 Å². The van der Waals surface area contributed by atoms with Gasteiger partial charge in [-0.25, -0.2) is 0 Å². The summed E-state index contributed by atoms with van der Waals surface area (Å²) in [6, 6.07) is 7.27. The third kappa shape index (κ3) is 2.63. The van der Waals surface area contributed by atoms with Gasteiger partial charge >= 0.3 is 0 Å². The van der Waals surface area contributed by atoms with Crippen LogP contribution in [0, 0.1) is 3.57 Å². The van der Waals surface area contributed by atoms with E-state index in [2.05, 4.69) is 58.8 Å². The highest BCUT2D eigenvalue weighted by molar-refractivity contribution is 14.1. The highest BCUT2D eigenvalue weighted by atomic mass is 127. The van der Waals surface area contributed by atoms with Gasteiger partial charge in [-0.1, -0.05) is 11.6 Å². The van der Waals surface area contributed by atoms with Gasteiger partial charge in [-0.05, 0) is 54.6 Å². The maximum Gasteiger partial charge on any atom is 0.0650 e. The van der Waals surface area contributed by atoms with Crippen LogP contribution in [0.1, 0.15) is 13.8 Å². The first-order valence-electron chi connectivity index (χ1n) is 5.53. The summed E-state index contributed by atoms with van der Waals surface area (Å²) in [6.45, 7) is 6.47. The van der Waals surface area contributed by atoms with Crippen LogP contribution < -0.4 is 10.2 Å². The monoisotopic (exact) mass is 350 g/mol. The molecular formula is C12H16ClIN2. The van der Waals surface area contributed by atoms with E-state index >= 15 is 0 Å². The van der Waals surface area contributed by atoms with E-state index in [1.807, 2.05) is 6.07 Å². The van der Waals surface area contributed by atoms with Gasteiger partial charge in [-0.2, -0.15) is 0 Å². The minimum Gasteiger partial charge on any atom is -0.365 e. The Labute approximate surface area is 115 Å². The molecule has 2 unspecified atom stereocenters. The Hall–Kier alpha value is -0.000000000000000132. The van der Waals surface area contributed by atoms with Crippen molar-refractivity contribution in [3.05, 3.63) is 26.8 Å². The Balaban J connectivity index is 2.28. The van der Waals surface area contributed by atoms with E-state index in [0.29, 0.717) is 12.1 Å². The molecule has 0 spiro atoms. The molecule has 1 heterocycles. The van der Waals surface area contributed by atoms with Gasteiger partial charge in [-0.3, -0.25) is 0 Å². The third-order valence-electron chi connectivity index (χ3n) is 2.98. The van der Waals surface area contributed by atoms with Crippen LogP contribution in [-0.2, 0) is 0 Å². The number of halogens is 2. The number of anilines is 1. The van der Waals surface area contributed by atoms with Crippen LogP contribution in [0.5, 0.6) is 0 Å². The van der Waals surface area contributed by atoms with Crippen molar-refractivity contribution in [2.24, 2.45) is 0 Å². The van der Waals surface area contributed by atoms with Crippen molar-refractivity contribution in [1.29, 1.82) is 0 Å². The van der Waals surface area contributed by atoms with Gasteiger partial charge in [0, 0.05) is 28.7 Å². The van der Waals surface area contributed by atoms with Crippen LogP contribution in [-0.4, -0.2) is 25.2 Å². The number of nitrogens with zero attached hydrogens (tertiary/aromatic N) is 1. The van der Waals surface area contributed by atoms with E-state index in [4.69, 9.17) is 11.6 Å². The lowest BCUT2D eigenvalue weighted by molar-refractivity contribution is 0.425. The van der Waals surface area contributed by atoms with Crippen molar-refractivity contribution >= 4 is 39.9 Å². The molecule has 2 nitrogen and oxygen atoms in total. The molecule has 0 aliphatic carbocycles. The SMILES string of the molecule is CC1CN(c2ccc(I)cc2Cl)C(C)CN1. The zero-order chi connectivity index (χ0) is 11.7. The molecule has 2 rings (SSSR count). The van der Waals surface area contributed by atoms with E-state index in [0.717, 1.165) is 23.8 Å². The van der Waals surface area contributed by atoms with Gasteiger partial charge < -0.3 is 10.2 Å². The van der Waals surface area contributed by atoms with Crippen molar-refractivity contribution in [2.75, 3.05) is 18.0 Å². The summed E-state index contributed by atoms with van der Waals surface area (Å²) in [5.41, 5.74) is 1.16. The van der Waals surface area contributed by atoms with Gasteiger partial charge in [0.05, 0.1) is 10.7 Å². The van der Waals surface area contributed by atoms with E-state index < -0.39 is 0 Å². The van der Waals surface area contributed by atoms with Gasteiger partial charge in [0.25, 0.3) is 0 Å². The molecule has 16 heavy (non-hydrogen) atoms. The number of piperazine rings is 1. The van der Waals surface area contributed by atoms with Crippen molar-refractivity contribution < 1.29 is 0 Å². The average molecular weight is 351 g/mol. The Morgan fingerprint density at radius 2 is 2.19 bits per heavy atom. The molecule has 88 valence electrons. The van der Waals surface area contributed by atoms with Crippen molar-refractivity contribution in [3.63, 3.8) is 0 Å². The van der Waals surface area contributed by atoms with Crippen LogP contribution in [0.3, 0.4) is 0 Å². The van der Waals surface area contributed by atoms with Crippen LogP contribution in [0.4, 0.5) is 5.69 Å². The highest BCUT2D eigenvalue weighted by Crippen LogP contribution is 2.29. The summed E-state index contributed by atoms with van der Waals surface area (Å²) in [7, 11) is 0. The van der Waals surface area contributed by atoms with Crippen LogP contribution in [0.15, 0.2) is 18.2 Å². The molecule has 0 amide bonds. The maximum atomic E-state index is 6.31. The summed E-state index contributed by atoms with van der Waals surface area (Å²) in [6.07, 6.45) is 0. The van der Waals surface area contributed by atoms with Crippen molar-refractivity contribution in [3.8, 4) is 0 Å². The van der Waals surface area contributed by atoms with Crippen molar-refractivity contribution in [2.45, 2.75) is 25.9 Å². The van der Waals surface area contributed by atoms with Gasteiger partial charge in [0.2, 0.25) is 0 Å². The predicted octanol–water partition coefficient (Wildman–Crippen LogP) is 3.13. The smallest absolute Gasteiger partial charge is 0.0650 e. The largest absolute Gasteiger partial charge is 0.365 e. The number of hydrogen-bond acceptors (Lipinski definition) is 2. The minimum absolute atomic E-state index is 0.494. The second-order valence-electron chi connectivity index (χ2n) is 4.41. The van der Waals surface area contributed by atoms with E-state index in [9.17, 15) is 0 Å². The fourth-order valence-electron chi connectivity index (χ4n) is 2.07. The van der Waals surface area contributed by atoms with Crippen LogP contribution in [0.25, 0.3) is 0 Å². The van der Waals surface area contributed by atoms with E-state index in [1.165, 1.54) is 3.57 Å². The van der Waals surface area contributed by atoms with Crippen LogP contribution >= 0.6 is 34.2 Å². The zero-order valence-electron chi connectivity index (χ0n) is 9.50. The minimum atomic E-state index is 0.494. The number of benzene rings is 1. The Morgan fingerprint density at radius 1 is 1.44 bits per heavy atom. The van der Waals surface area contributed by atoms with E-state index in [-0.39, 0.29) is 0 Å². The summed E-state index contributed by atoms with van der Waals surface area (Å²) < 4.78 is 1.18. The molecule has 1 aliphatic heterocycles. The first kappa shape index (κ1) is 12.5. The summed E-state index contributed by atoms with van der Waals surface area (Å²) in [5.74, 6) is 0. The quantitative estimate of drug-likeness (QED) is 0.783. The summed E-state index contributed by atoms with van der Waals surface area (Å²) in [4.78, 5) is 2.39. The molecule has 1 aliphatic rings. The standard InChI is InChI=1S/C12H16ClIN2/c1-8-7-16(9(2)6-15-8)12-4-3-10(14)5-11(12)13/h3-5,8-9,15H,6-7H2,1-2H3. The topological polar surface area (TPSA) is 15.3 Å². The third-order valence-corrected chi connectivity index (χ3v) is 3.96. The molecule has 0 saturated carbocycles. The zero-order valence-corrected chi connectivity index (χ0v) is 12.4. The summed E-state index contributed by atoms with van der Waals surface area (Å²) >= 11 is 8.60. The van der Waals surface area contributed by atoms with Gasteiger partial charge in [-0.15, -0.1) is 0 Å². The first-order valence-corrected chi connectivity index (χ1v) is 6.98. The average Bonchev–Trinajstić information content (AvgIpc) is 2.22. The normalized spacial score (nSPS) is 25.9. The molecule has 0 bridgehead atoms. The molecule has 0 aromatic heterocycles. The first-order chi connectivity index (χ1) is 7.58. The highest BCUT2D eigenvalue weighted by Gasteiger charge is 2.23. The second kappa shape index (κ2) is 5.10. The number of rotatable bonds is 1. The molecule has 1 saturated heterocycles. The fourth-order valence-corrected chi connectivity index (χ4v) is 3.04. The molecule has 2 atom stereocenters. The number of hydrogen-bond donors (Lipinski definition) is 1. The summed E-state index contributed by atoms with van der Waals surface area (Å²) in [5, 5.41) is 4.33. The Morgan fingerprint density at radius 3 is 2.88 bits per heavy atom. The molecule has 1 aromatic rings. The van der Waals surface area contributed by atoms with Gasteiger partial charge in [0.15, 0.2) is 0 Å². The number of nitrogens with one attached hydrogen (secondary N) is 1. The Bertz CT molecular complexity index is 383. The van der Waals surface area contributed by atoms with Crippen LogP contribution in [0.2, 0.25) is 5.02 Å². The lowest BCUT2D eigenvalue weighted by atomic mass is 10.1. The van der Waals surface area contributed by atoms with Crippen molar-refractivity contribution in [1.82, 2.24) is 5.32 Å². The fraction of sp³-hybridized carbons (Fsp3) is 0.500. The van der Waals surface area contributed by atoms with E-state index in [1.54, 1.807) is 0 Å². The Kier molecular flexibility index (Phi) is 3.97. The lowest BCUT2D eigenvalue weighted by Gasteiger charge is -2.39. The molecular weight excluding hydrogens is 335 g/mol. The molecule has 4 heteroatoms. The maximum absolute atomic E-state index is 6.31.